The van der Waals surface area contributed by atoms with Crippen LogP contribution in [0.4, 0.5) is 0 Å². The molecule has 2 heterocycles. The molecule has 7 heteroatoms. The first-order valence-electron chi connectivity index (χ1n) is 7.14. The third-order valence-corrected chi connectivity index (χ3v) is 4.64. The van der Waals surface area contributed by atoms with Gasteiger partial charge in [0.15, 0.2) is 0 Å². The molecule has 0 aliphatic rings. The average Bonchev–Trinajstić information content (AvgIpc) is 3.02. The van der Waals surface area contributed by atoms with Crippen LogP contribution in [0.3, 0.4) is 0 Å². The standard InChI is InChI=1S/C17H13Cl2N3OS/c1-10-21-14(9-24-10)12-4-2-11(3-5-12)8-20-17(23)16-13(18)6-7-15(19)22-16/h2-7,9H,8H2,1H3,(H,20,23). The van der Waals surface area contributed by atoms with Crippen molar-refractivity contribution < 1.29 is 4.79 Å². The Morgan fingerprint density at radius 1 is 1.12 bits per heavy atom. The number of amides is 1. The zero-order valence-electron chi connectivity index (χ0n) is 12.7. The van der Waals surface area contributed by atoms with E-state index in [-0.39, 0.29) is 21.8 Å². The maximum Gasteiger partial charge on any atom is 0.271 e. The normalized spacial score (nSPS) is 10.6. The zero-order valence-corrected chi connectivity index (χ0v) is 15.0. The van der Waals surface area contributed by atoms with E-state index in [0.29, 0.717) is 6.54 Å². The van der Waals surface area contributed by atoms with Crippen LogP contribution in [0.15, 0.2) is 41.8 Å². The van der Waals surface area contributed by atoms with Gasteiger partial charge in [-0.15, -0.1) is 11.3 Å². The third-order valence-electron chi connectivity index (χ3n) is 3.35. The van der Waals surface area contributed by atoms with Crippen LogP contribution in [0.1, 0.15) is 21.1 Å². The molecule has 122 valence electrons. The van der Waals surface area contributed by atoms with E-state index in [1.807, 2.05) is 36.6 Å². The van der Waals surface area contributed by atoms with Crippen LogP contribution < -0.4 is 5.32 Å². The summed E-state index contributed by atoms with van der Waals surface area (Å²) in [5.74, 6) is -0.360. The molecule has 3 rings (SSSR count). The summed E-state index contributed by atoms with van der Waals surface area (Å²) in [5.41, 5.74) is 3.10. The number of nitrogens with one attached hydrogen (secondary N) is 1. The number of hydrogen-bond acceptors (Lipinski definition) is 4. The Kier molecular flexibility index (Phi) is 5.14. The summed E-state index contributed by atoms with van der Waals surface area (Å²) in [6.07, 6.45) is 0. The lowest BCUT2D eigenvalue weighted by Gasteiger charge is -2.07. The second-order valence-corrected chi connectivity index (χ2v) is 6.95. The van der Waals surface area contributed by atoms with Gasteiger partial charge in [0, 0.05) is 17.5 Å². The maximum atomic E-state index is 12.2. The number of benzene rings is 1. The molecule has 0 bridgehead atoms. The molecule has 4 nitrogen and oxygen atoms in total. The van der Waals surface area contributed by atoms with Gasteiger partial charge in [-0.2, -0.15) is 0 Å². The molecular formula is C17H13Cl2N3OS. The van der Waals surface area contributed by atoms with Gasteiger partial charge in [0.2, 0.25) is 0 Å². The molecule has 0 spiro atoms. The van der Waals surface area contributed by atoms with Crippen molar-refractivity contribution in [2.24, 2.45) is 0 Å². The Labute approximate surface area is 153 Å². The fourth-order valence-electron chi connectivity index (χ4n) is 2.13. The molecule has 1 amide bonds. The Morgan fingerprint density at radius 2 is 1.88 bits per heavy atom. The number of carbonyl (C=O) groups is 1. The topological polar surface area (TPSA) is 54.9 Å². The lowest BCUT2D eigenvalue weighted by molar-refractivity contribution is 0.0946. The van der Waals surface area contributed by atoms with Gasteiger partial charge in [-0.05, 0) is 24.6 Å². The highest BCUT2D eigenvalue weighted by molar-refractivity contribution is 7.09. The molecule has 24 heavy (non-hydrogen) atoms. The van der Waals surface area contributed by atoms with Crippen molar-refractivity contribution >= 4 is 40.4 Å². The second kappa shape index (κ2) is 7.30. The van der Waals surface area contributed by atoms with Crippen LogP contribution in [-0.4, -0.2) is 15.9 Å². The summed E-state index contributed by atoms with van der Waals surface area (Å²) in [5, 5.41) is 6.35. The number of aryl methyl sites for hydroxylation is 1. The van der Waals surface area contributed by atoms with E-state index in [1.165, 1.54) is 0 Å². The van der Waals surface area contributed by atoms with Gasteiger partial charge in [-0.3, -0.25) is 4.79 Å². The Bertz CT molecular complexity index is 878. The summed E-state index contributed by atoms with van der Waals surface area (Å²) in [7, 11) is 0. The van der Waals surface area contributed by atoms with Gasteiger partial charge in [0.25, 0.3) is 5.91 Å². The lowest BCUT2D eigenvalue weighted by Crippen LogP contribution is -2.24. The predicted octanol–water partition coefficient (Wildman–Crippen LogP) is 4.75. The molecule has 0 aliphatic carbocycles. The van der Waals surface area contributed by atoms with Crippen molar-refractivity contribution in [2.45, 2.75) is 13.5 Å². The molecule has 0 unspecified atom stereocenters. The Hall–Kier alpha value is -1.95. The number of pyridine rings is 1. The first kappa shape index (κ1) is 16.9. The Balaban J connectivity index is 1.66. The SMILES string of the molecule is Cc1nc(-c2ccc(CNC(=O)c3nc(Cl)ccc3Cl)cc2)cs1. The van der Waals surface area contributed by atoms with Crippen molar-refractivity contribution in [2.75, 3.05) is 0 Å². The summed E-state index contributed by atoms with van der Waals surface area (Å²) in [4.78, 5) is 20.6. The predicted molar refractivity (Wildman–Crippen MR) is 97.7 cm³/mol. The number of halogens is 2. The van der Waals surface area contributed by atoms with Crippen LogP contribution in [0.5, 0.6) is 0 Å². The maximum absolute atomic E-state index is 12.2. The average molecular weight is 378 g/mol. The van der Waals surface area contributed by atoms with Gasteiger partial charge >= 0.3 is 0 Å². The van der Waals surface area contributed by atoms with E-state index in [1.54, 1.807) is 23.5 Å². The molecule has 0 radical (unpaired) electrons. The van der Waals surface area contributed by atoms with Gasteiger partial charge < -0.3 is 5.32 Å². The molecule has 2 aromatic heterocycles. The minimum atomic E-state index is -0.360. The molecule has 1 aromatic carbocycles. The van der Waals surface area contributed by atoms with E-state index >= 15 is 0 Å². The summed E-state index contributed by atoms with van der Waals surface area (Å²) < 4.78 is 0. The number of nitrogens with zero attached hydrogens (tertiary/aromatic N) is 2. The van der Waals surface area contributed by atoms with Gasteiger partial charge in [0.1, 0.15) is 10.8 Å². The van der Waals surface area contributed by atoms with Crippen LogP contribution >= 0.6 is 34.5 Å². The fourth-order valence-corrected chi connectivity index (χ4v) is 3.09. The first-order valence-corrected chi connectivity index (χ1v) is 8.78. The molecule has 3 aromatic rings. The second-order valence-electron chi connectivity index (χ2n) is 5.10. The van der Waals surface area contributed by atoms with Gasteiger partial charge in [-0.25, -0.2) is 9.97 Å². The van der Waals surface area contributed by atoms with Crippen molar-refractivity contribution in [3.63, 3.8) is 0 Å². The highest BCUT2D eigenvalue weighted by Gasteiger charge is 2.12. The first-order chi connectivity index (χ1) is 11.5. The third kappa shape index (κ3) is 3.93. The molecule has 0 atom stereocenters. The van der Waals surface area contributed by atoms with Crippen molar-refractivity contribution in [3.8, 4) is 11.3 Å². The van der Waals surface area contributed by atoms with E-state index in [2.05, 4.69) is 15.3 Å². The molecule has 0 fully saturated rings. The highest BCUT2D eigenvalue weighted by atomic mass is 35.5. The fraction of sp³-hybridized carbons (Fsp3) is 0.118. The molecule has 0 saturated heterocycles. The summed E-state index contributed by atoms with van der Waals surface area (Å²) >= 11 is 13.4. The number of thiazole rings is 1. The Morgan fingerprint density at radius 3 is 2.54 bits per heavy atom. The molecule has 1 N–H and O–H groups in total. The summed E-state index contributed by atoms with van der Waals surface area (Å²) in [6, 6.07) is 11.0. The molecule has 0 saturated carbocycles. The monoisotopic (exact) mass is 377 g/mol. The van der Waals surface area contributed by atoms with Gasteiger partial charge in [0.05, 0.1) is 15.7 Å². The minimum Gasteiger partial charge on any atom is -0.347 e. The number of aromatic nitrogens is 2. The van der Waals surface area contributed by atoms with Crippen molar-refractivity contribution in [1.82, 2.24) is 15.3 Å². The van der Waals surface area contributed by atoms with E-state index in [9.17, 15) is 4.79 Å². The largest absolute Gasteiger partial charge is 0.347 e. The van der Waals surface area contributed by atoms with E-state index in [0.717, 1.165) is 21.8 Å². The lowest BCUT2D eigenvalue weighted by atomic mass is 10.1. The number of hydrogen-bond donors (Lipinski definition) is 1. The van der Waals surface area contributed by atoms with Gasteiger partial charge in [-0.1, -0.05) is 47.5 Å². The van der Waals surface area contributed by atoms with Crippen LogP contribution in [0, 0.1) is 6.92 Å². The van der Waals surface area contributed by atoms with Crippen LogP contribution in [-0.2, 0) is 6.54 Å². The summed E-state index contributed by atoms with van der Waals surface area (Å²) in [6.45, 7) is 2.35. The van der Waals surface area contributed by atoms with Crippen LogP contribution in [0.2, 0.25) is 10.2 Å². The van der Waals surface area contributed by atoms with Crippen molar-refractivity contribution in [1.29, 1.82) is 0 Å². The molecule has 0 aliphatic heterocycles. The quantitative estimate of drug-likeness (QED) is 0.667. The zero-order chi connectivity index (χ0) is 17.1. The van der Waals surface area contributed by atoms with Crippen LogP contribution in [0.25, 0.3) is 11.3 Å². The highest BCUT2D eigenvalue weighted by Crippen LogP contribution is 2.22. The minimum absolute atomic E-state index is 0.124. The van der Waals surface area contributed by atoms with Crippen molar-refractivity contribution in [3.05, 3.63) is 68.2 Å². The number of rotatable bonds is 4. The van der Waals surface area contributed by atoms with E-state index < -0.39 is 0 Å². The molecular weight excluding hydrogens is 365 g/mol. The van der Waals surface area contributed by atoms with E-state index in [4.69, 9.17) is 23.2 Å². The smallest absolute Gasteiger partial charge is 0.271 e. The number of carbonyl (C=O) groups excluding carboxylic acids is 1.